The summed E-state index contributed by atoms with van der Waals surface area (Å²) >= 11 is 0. The van der Waals surface area contributed by atoms with Gasteiger partial charge in [-0.25, -0.2) is 4.98 Å². The number of benzene rings is 2. The number of hydrogen-bond donors (Lipinski definition) is 0. The van der Waals surface area contributed by atoms with Crippen LogP contribution in [0.25, 0.3) is 23.3 Å². The van der Waals surface area contributed by atoms with Crippen LogP contribution < -0.4 is 15.3 Å². The Morgan fingerprint density at radius 2 is 1.81 bits per heavy atom. The van der Waals surface area contributed by atoms with Gasteiger partial charge in [-0.15, -0.1) is 0 Å². The zero-order chi connectivity index (χ0) is 21.5. The maximum atomic E-state index is 13.3. The lowest BCUT2D eigenvalue weighted by Gasteiger charge is -2.27. The first-order valence-electron chi connectivity index (χ1n) is 11.5. The molecule has 1 aromatic heterocycles. The molecule has 3 aromatic rings. The van der Waals surface area contributed by atoms with Gasteiger partial charge >= 0.3 is 0 Å². The molecule has 1 saturated heterocycles. The number of aromatic nitrogens is 1. The zero-order valence-electron chi connectivity index (χ0n) is 18.1. The summed E-state index contributed by atoms with van der Waals surface area (Å²) in [5.41, 5.74) is 6.02. The average molecular weight is 423 g/mol. The number of carbonyl (C=O) groups is 1. The van der Waals surface area contributed by atoms with E-state index >= 15 is 0 Å². The highest BCUT2D eigenvalue weighted by Crippen LogP contribution is 2.26. The second kappa shape index (κ2) is 8.03. The number of Topliss-reactive ketones (excluding diaryl/α,β-unsaturated/α-hetero) is 1. The fourth-order valence-electron chi connectivity index (χ4n) is 5.25. The molecule has 0 radical (unpaired) electrons. The van der Waals surface area contributed by atoms with Crippen molar-refractivity contribution in [1.82, 2.24) is 4.98 Å². The van der Waals surface area contributed by atoms with Crippen LogP contribution in [0.4, 0.5) is 5.82 Å². The van der Waals surface area contributed by atoms with Crippen molar-refractivity contribution >= 4 is 23.8 Å². The fourth-order valence-corrected chi connectivity index (χ4v) is 5.25. The van der Waals surface area contributed by atoms with Gasteiger partial charge in [0.15, 0.2) is 5.78 Å². The van der Waals surface area contributed by atoms with Crippen LogP contribution in [0.2, 0.25) is 0 Å². The molecule has 1 atom stereocenters. The lowest BCUT2D eigenvalue weighted by atomic mass is 9.82. The second-order valence-electron chi connectivity index (χ2n) is 8.85. The predicted octanol–water partition coefficient (Wildman–Crippen LogP) is 3.15. The molecule has 4 heteroatoms. The highest BCUT2D eigenvalue weighted by molar-refractivity contribution is 6.01. The third-order valence-corrected chi connectivity index (χ3v) is 7.01. The molecule has 1 fully saturated rings. The number of pyridine rings is 1. The monoisotopic (exact) mass is 422 g/mol. The van der Waals surface area contributed by atoms with Crippen molar-refractivity contribution in [3.8, 4) is 11.1 Å². The molecule has 0 N–H and O–H groups in total. The molecule has 2 aromatic carbocycles. The van der Waals surface area contributed by atoms with Crippen molar-refractivity contribution in [3.63, 3.8) is 0 Å². The third-order valence-electron chi connectivity index (χ3n) is 7.01. The highest BCUT2D eigenvalue weighted by Gasteiger charge is 2.23. The molecular weight excluding hydrogens is 396 g/mol. The largest absolute Gasteiger partial charge is 0.378 e. The maximum Gasteiger partial charge on any atom is 0.171 e. The minimum absolute atomic E-state index is 0.101. The Bertz CT molecular complexity index is 1300. The number of rotatable bonds is 3. The van der Waals surface area contributed by atoms with Gasteiger partial charge in [0.05, 0.1) is 13.2 Å². The molecule has 2 heterocycles. The molecule has 0 bridgehead atoms. The SMILES string of the molecule is O=C(c1ccc(N2CCOCC2)nc1)C1C=c2c(ccc3c2=CCc2ccccc2-3)CC1. The quantitative estimate of drug-likeness (QED) is 0.608. The molecule has 160 valence electrons. The van der Waals surface area contributed by atoms with E-state index in [1.165, 1.54) is 32.7 Å². The Kier molecular flexibility index (Phi) is 4.88. The van der Waals surface area contributed by atoms with Crippen LogP contribution >= 0.6 is 0 Å². The zero-order valence-corrected chi connectivity index (χ0v) is 18.1. The summed E-state index contributed by atoms with van der Waals surface area (Å²) in [6, 6.07) is 17.0. The predicted molar refractivity (Wildman–Crippen MR) is 127 cm³/mol. The van der Waals surface area contributed by atoms with Gasteiger partial charge in [0.25, 0.3) is 0 Å². The summed E-state index contributed by atoms with van der Waals surface area (Å²) in [6.45, 7) is 3.14. The number of morpholine rings is 1. The van der Waals surface area contributed by atoms with Crippen molar-refractivity contribution in [2.24, 2.45) is 5.92 Å². The van der Waals surface area contributed by atoms with Crippen molar-refractivity contribution < 1.29 is 9.53 Å². The number of ketones is 1. The molecule has 3 aliphatic rings. The van der Waals surface area contributed by atoms with E-state index in [4.69, 9.17) is 4.74 Å². The van der Waals surface area contributed by atoms with Crippen molar-refractivity contribution in [2.75, 3.05) is 31.2 Å². The first-order valence-corrected chi connectivity index (χ1v) is 11.5. The molecule has 6 rings (SSSR count). The molecule has 1 aliphatic heterocycles. The van der Waals surface area contributed by atoms with Gasteiger partial charge in [0.1, 0.15) is 5.82 Å². The number of anilines is 1. The van der Waals surface area contributed by atoms with E-state index < -0.39 is 0 Å². The summed E-state index contributed by atoms with van der Waals surface area (Å²) in [5.74, 6) is 0.992. The van der Waals surface area contributed by atoms with Crippen molar-refractivity contribution in [2.45, 2.75) is 19.3 Å². The average Bonchev–Trinajstić information content (AvgIpc) is 2.88. The number of carbonyl (C=O) groups excluding carboxylic acids is 1. The van der Waals surface area contributed by atoms with Crippen LogP contribution in [0.5, 0.6) is 0 Å². The molecule has 0 saturated carbocycles. The van der Waals surface area contributed by atoms with Crippen LogP contribution in [0.15, 0.2) is 54.7 Å². The Labute approximate surface area is 187 Å². The summed E-state index contributed by atoms with van der Waals surface area (Å²) < 4.78 is 5.42. The minimum Gasteiger partial charge on any atom is -0.378 e. The van der Waals surface area contributed by atoms with Gasteiger partial charge in [0, 0.05) is 30.8 Å². The van der Waals surface area contributed by atoms with E-state index in [-0.39, 0.29) is 11.7 Å². The molecule has 0 amide bonds. The number of nitrogens with zero attached hydrogens (tertiary/aromatic N) is 2. The van der Waals surface area contributed by atoms with Crippen LogP contribution in [-0.4, -0.2) is 37.1 Å². The van der Waals surface area contributed by atoms with E-state index in [2.05, 4.69) is 58.4 Å². The molecule has 0 spiro atoms. The molecular formula is C28H26N2O2. The van der Waals surface area contributed by atoms with Gasteiger partial charge in [-0.2, -0.15) is 0 Å². The number of hydrogen-bond acceptors (Lipinski definition) is 4. The standard InChI is InChI=1S/C28H26N2O2/c31-28(22-9-12-27(29-18-22)30-13-15-32-16-14-30)21-6-5-20-8-10-24-23-4-2-1-3-19(23)7-11-25(24)26(20)17-21/h1-4,8-12,17-18,21H,5-7,13-16H2. The summed E-state index contributed by atoms with van der Waals surface area (Å²) in [4.78, 5) is 20.1. The molecule has 2 aliphatic carbocycles. The smallest absolute Gasteiger partial charge is 0.171 e. The first kappa shape index (κ1) is 19.4. The topological polar surface area (TPSA) is 42.4 Å². The minimum atomic E-state index is -0.101. The van der Waals surface area contributed by atoms with E-state index in [1.807, 2.05) is 12.1 Å². The Balaban J connectivity index is 1.33. The molecule has 32 heavy (non-hydrogen) atoms. The third kappa shape index (κ3) is 3.35. The molecule has 1 unspecified atom stereocenters. The van der Waals surface area contributed by atoms with Crippen LogP contribution in [0, 0.1) is 5.92 Å². The Morgan fingerprint density at radius 3 is 2.66 bits per heavy atom. The Morgan fingerprint density at radius 1 is 0.938 bits per heavy atom. The van der Waals surface area contributed by atoms with E-state index in [9.17, 15) is 4.79 Å². The van der Waals surface area contributed by atoms with Crippen molar-refractivity contribution in [3.05, 3.63) is 81.9 Å². The van der Waals surface area contributed by atoms with Gasteiger partial charge in [-0.05, 0) is 64.1 Å². The summed E-state index contributed by atoms with van der Waals surface area (Å²) in [6.07, 6.45) is 9.02. The van der Waals surface area contributed by atoms with Crippen LogP contribution in [0.3, 0.4) is 0 Å². The summed E-state index contributed by atoms with van der Waals surface area (Å²) in [7, 11) is 0. The van der Waals surface area contributed by atoms with Gasteiger partial charge in [-0.1, -0.05) is 48.6 Å². The molecule has 4 nitrogen and oxygen atoms in total. The Hall–Kier alpha value is -3.24. The van der Waals surface area contributed by atoms with E-state index in [0.29, 0.717) is 5.56 Å². The fraction of sp³-hybridized carbons (Fsp3) is 0.286. The number of ether oxygens (including phenoxy) is 1. The lowest BCUT2D eigenvalue weighted by Crippen LogP contribution is -2.37. The van der Waals surface area contributed by atoms with Crippen LogP contribution in [0.1, 0.15) is 27.9 Å². The van der Waals surface area contributed by atoms with Crippen molar-refractivity contribution in [1.29, 1.82) is 0 Å². The van der Waals surface area contributed by atoms with E-state index in [0.717, 1.165) is 51.4 Å². The lowest BCUT2D eigenvalue weighted by molar-refractivity contribution is 0.0946. The summed E-state index contributed by atoms with van der Waals surface area (Å²) in [5, 5.41) is 2.54. The van der Waals surface area contributed by atoms with Gasteiger partial charge in [-0.3, -0.25) is 4.79 Å². The maximum absolute atomic E-state index is 13.3. The normalized spacial score (nSPS) is 19.1. The highest BCUT2D eigenvalue weighted by atomic mass is 16.5. The van der Waals surface area contributed by atoms with Gasteiger partial charge < -0.3 is 9.64 Å². The first-order chi connectivity index (χ1) is 15.8. The van der Waals surface area contributed by atoms with Crippen LogP contribution in [-0.2, 0) is 17.6 Å². The second-order valence-corrected chi connectivity index (χ2v) is 8.85. The van der Waals surface area contributed by atoms with E-state index in [1.54, 1.807) is 6.20 Å². The number of aryl methyl sites for hydroxylation is 1. The van der Waals surface area contributed by atoms with Gasteiger partial charge in [0.2, 0.25) is 0 Å². The number of fused-ring (bicyclic) bond motifs is 5.